The highest BCUT2D eigenvalue weighted by molar-refractivity contribution is 7.21. The molecule has 4 aromatic rings. The van der Waals surface area contributed by atoms with Crippen molar-refractivity contribution in [1.82, 2.24) is 4.98 Å². The second-order valence-corrected chi connectivity index (χ2v) is 7.23. The predicted molar refractivity (Wildman–Crippen MR) is 107 cm³/mol. The van der Waals surface area contributed by atoms with E-state index in [2.05, 4.69) is 10.3 Å². The van der Waals surface area contributed by atoms with E-state index in [4.69, 9.17) is 9.15 Å². The van der Waals surface area contributed by atoms with Crippen molar-refractivity contribution < 1.29 is 23.1 Å². The lowest BCUT2D eigenvalue weighted by Crippen LogP contribution is -2.29. The van der Waals surface area contributed by atoms with Gasteiger partial charge in [-0.3, -0.25) is 4.79 Å². The molecule has 2 aromatic carbocycles. The molecule has 0 radical (unpaired) electrons. The third kappa shape index (κ3) is 4.17. The van der Waals surface area contributed by atoms with Crippen LogP contribution in [0.1, 0.15) is 17.5 Å². The molecule has 29 heavy (non-hydrogen) atoms. The standard InChI is InChI=1S/C21H15FN2O4S/c1-12(19(25)23-14-6-4-5-13(22)11-14)27-21(26)17-10-9-16(28-17)20-24-15-7-2-3-8-18(15)29-20/h2-12H,1H3,(H,23,25)/t12-/m0/s1. The Morgan fingerprint density at radius 2 is 1.97 bits per heavy atom. The van der Waals surface area contributed by atoms with E-state index < -0.39 is 23.8 Å². The number of nitrogens with zero attached hydrogens (tertiary/aromatic N) is 1. The van der Waals surface area contributed by atoms with E-state index in [0.29, 0.717) is 10.8 Å². The summed E-state index contributed by atoms with van der Waals surface area (Å²) in [5, 5.41) is 3.13. The lowest BCUT2D eigenvalue weighted by atomic mass is 10.3. The van der Waals surface area contributed by atoms with Crippen LogP contribution < -0.4 is 5.32 Å². The monoisotopic (exact) mass is 410 g/mol. The van der Waals surface area contributed by atoms with Crippen LogP contribution in [0.3, 0.4) is 0 Å². The van der Waals surface area contributed by atoms with E-state index in [1.807, 2.05) is 24.3 Å². The fourth-order valence-corrected chi connectivity index (χ4v) is 3.55. The smallest absolute Gasteiger partial charge is 0.375 e. The number of thiazole rings is 1. The third-order valence-electron chi connectivity index (χ3n) is 4.06. The molecule has 0 aliphatic carbocycles. The van der Waals surface area contributed by atoms with Crippen molar-refractivity contribution in [2.24, 2.45) is 0 Å². The summed E-state index contributed by atoms with van der Waals surface area (Å²) in [7, 11) is 0. The fourth-order valence-electron chi connectivity index (χ4n) is 2.62. The number of hydrogen-bond donors (Lipinski definition) is 1. The quantitative estimate of drug-likeness (QED) is 0.474. The number of carbonyl (C=O) groups is 2. The molecule has 4 rings (SSSR count). The fraction of sp³-hybridized carbons (Fsp3) is 0.0952. The Labute approximate surface area is 168 Å². The maximum atomic E-state index is 13.2. The summed E-state index contributed by atoms with van der Waals surface area (Å²) in [5.41, 5.74) is 1.12. The molecule has 146 valence electrons. The zero-order chi connectivity index (χ0) is 20.4. The molecule has 0 aliphatic rings. The van der Waals surface area contributed by atoms with Gasteiger partial charge in [0.1, 0.15) is 5.82 Å². The molecule has 0 unspecified atom stereocenters. The molecular formula is C21H15FN2O4S. The minimum Gasteiger partial charge on any atom is -0.447 e. The predicted octanol–water partition coefficient (Wildman–Crippen LogP) is 4.88. The van der Waals surface area contributed by atoms with Gasteiger partial charge in [0.15, 0.2) is 16.9 Å². The molecule has 8 heteroatoms. The van der Waals surface area contributed by atoms with Crippen molar-refractivity contribution in [3.8, 4) is 10.8 Å². The largest absolute Gasteiger partial charge is 0.447 e. The summed E-state index contributed by atoms with van der Waals surface area (Å²) in [6.07, 6.45) is -1.10. The average molecular weight is 410 g/mol. The zero-order valence-electron chi connectivity index (χ0n) is 15.2. The van der Waals surface area contributed by atoms with Gasteiger partial charge in [-0.1, -0.05) is 18.2 Å². The molecule has 1 amide bonds. The van der Waals surface area contributed by atoms with Gasteiger partial charge in [0.2, 0.25) is 5.76 Å². The van der Waals surface area contributed by atoms with E-state index in [9.17, 15) is 14.0 Å². The van der Waals surface area contributed by atoms with Gasteiger partial charge in [-0.05, 0) is 49.4 Å². The highest BCUT2D eigenvalue weighted by atomic mass is 32.1. The van der Waals surface area contributed by atoms with Crippen molar-refractivity contribution in [3.63, 3.8) is 0 Å². The van der Waals surface area contributed by atoms with Crippen molar-refractivity contribution in [3.05, 3.63) is 72.2 Å². The number of anilines is 1. The van der Waals surface area contributed by atoms with E-state index in [1.54, 1.807) is 6.07 Å². The number of carbonyl (C=O) groups excluding carboxylic acids is 2. The number of hydrogen-bond acceptors (Lipinski definition) is 6. The third-order valence-corrected chi connectivity index (χ3v) is 5.11. The van der Waals surface area contributed by atoms with Crippen LogP contribution in [-0.4, -0.2) is 23.0 Å². The van der Waals surface area contributed by atoms with Crippen LogP contribution in [0.5, 0.6) is 0 Å². The number of aromatic nitrogens is 1. The van der Waals surface area contributed by atoms with Gasteiger partial charge < -0.3 is 14.5 Å². The van der Waals surface area contributed by atoms with Gasteiger partial charge in [0.05, 0.1) is 10.2 Å². The van der Waals surface area contributed by atoms with E-state index in [1.165, 1.54) is 48.6 Å². The molecule has 2 heterocycles. The Balaban J connectivity index is 1.42. The number of rotatable bonds is 5. The summed E-state index contributed by atoms with van der Waals surface area (Å²) >= 11 is 1.44. The van der Waals surface area contributed by atoms with Gasteiger partial charge in [-0.15, -0.1) is 11.3 Å². The van der Waals surface area contributed by atoms with Crippen LogP contribution in [0.2, 0.25) is 0 Å². The van der Waals surface area contributed by atoms with Gasteiger partial charge in [-0.25, -0.2) is 14.2 Å². The molecule has 1 N–H and O–H groups in total. The molecular weight excluding hydrogens is 395 g/mol. The Hall–Kier alpha value is -3.52. The first kappa shape index (κ1) is 18.8. The molecule has 2 aromatic heterocycles. The molecule has 0 fully saturated rings. The van der Waals surface area contributed by atoms with Crippen molar-refractivity contribution in [1.29, 1.82) is 0 Å². The molecule has 0 spiro atoms. The lowest BCUT2D eigenvalue weighted by Gasteiger charge is -2.12. The van der Waals surface area contributed by atoms with E-state index in [0.717, 1.165) is 10.2 Å². The summed E-state index contributed by atoms with van der Waals surface area (Å²) in [5.74, 6) is -1.44. The maximum Gasteiger partial charge on any atom is 0.375 e. The number of benzene rings is 2. The summed E-state index contributed by atoms with van der Waals surface area (Å²) < 4.78 is 24.9. The normalized spacial score (nSPS) is 11.9. The first-order valence-corrected chi connectivity index (χ1v) is 9.54. The number of furan rings is 1. The SMILES string of the molecule is C[C@H](OC(=O)c1ccc(-c2nc3ccccc3s2)o1)C(=O)Nc1cccc(F)c1. The van der Waals surface area contributed by atoms with Crippen LogP contribution in [0, 0.1) is 5.82 Å². The van der Waals surface area contributed by atoms with Crippen LogP contribution in [-0.2, 0) is 9.53 Å². The second-order valence-electron chi connectivity index (χ2n) is 6.20. The van der Waals surface area contributed by atoms with Gasteiger partial charge in [0, 0.05) is 5.69 Å². The number of nitrogens with one attached hydrogen (secondary N) is 1. The van der Waals surface area contributed by atoms with Crippen LogP contribution in [0.15, 0.2) is 65.1 Å². The number of halogens is 1. The van der Waals surface area contributed by atoms with Crippen molar-refractivity contribution in [2.75, 3.05) is 5.32 Å². The summed E-state index contributed by atoms with van der Waals surface area (Å²) in [4.78, 5) is 29.0. The number of esters is 1. The highest BCUT2D eigenvalue weighted by Crippen LogP contribution is 2.31. The van der Waals surface area contributed by atoms with Crippen LogP contribution in [0.25, 0.3) is 21.0 Å². The van der Waals surface area contributed by atoms with E-state index >= 15 is 0 Å². The Kier molecular flexibility index (Phi) is 5.09. The van der Waals surface area contributed by atoms with Crippen LogP contribution in [0.4, 0.5) is 10.1 Å². The molecule has 6 nitrogen and oxygen atoms in total. The summed E-state index contributed by atoms with van der Waals surface area (Å²) in [6.45, 7) is 1.42. The van der Waals surface area contributed by atoms with Gasteiger partial charge >= 0.3 is 5.97 Å². The Bertz CT molecular complexity index is 1170. The zero-order valence-corrected chi connectivity index (χ0v) is 16.0. The van der Waals surface area contributed by atoms with E-state index in [-0.39, 0.29) is 11.4 Å². The molecule has 0 bridgehead atoms. The second kappa shape index (κ2) is 7.84. The Morgan fingerprint density at radius 3 is 2.76 bits per heavy atom. The number of amides is 1. The topological polar surface area (TPSA) is 81.4 Å². The van der Waals surface area contributed by atoms with Crippen molar-refractivity contribution >= 4 is 39.1 Å². The summed E-state index contributed by atoms with van der Waals surface area (Å²) in [6, 6.07) is 16.2. The maximum absolute atomic E-state index is 13.2. The minimum atomic E-state index is -1.10. The highest BCUT2D eigenvalue weighted by Gasteiger charge is 2.22. The molecule has 0 saturated heterocycles. The Morgan fingerprint density at radius 1 is 1.14 bits per heavy atom. The van der Waals surface area contributed by atoms with Gasteiger partial charge in [-0.2, -0.15) is 0 Å². The molecule has 0 saturated carbocycles. The number of ether oxygens (including phenoxy) is 1. The van der Waals surface area contributed by atoms with Crippen LogP contribution >= 0.6 is 11.3 Å². The first-order valence-electron chi connectivity index (χ1n) is 8.73. The first-order chi connectivity index (χ1) is 14.0. The average Bonchev–Trinajstić information content (AvgIpc) is 3.35. The number of para-hydroxylation sites is 1. The van der Waals surface area contributed by atoms with Gasteiger partial charge in [0.25, 0.3) is 5.91 Å². The number of fused-ring (bicyclic) bond motifs is 1. The minimum absolute atomic E-state index is 0.0374. The molecule has 1 atom stereocenters. The van der Waals surface area contributed by atoms with Crippen molar-refractivity contribution in [2.45, 2.75) is 13.0 Å². The lowest BCUT2D eigenvalue weighted by molar-refractivity contribution is -0.123. The molecule has 0 aliphatic heterocycles.